The predicted molar refractivity (Wildman–Crippen MR) is 76.1 cm³/mol. The summed E-state index contributed by atoms with van der Waals surface area (Å²) in [6, 6.07) is 7.62. The number of primary amides is 1. The molecule has 0 atom stereocenters. The second-order valence-electron chi connectivity index (χ2n) is 4.20. The average Bonchev–Trinajstić information content (AvgIpc) is 2.96. The third-order valence-electron chi connectivity index (χ3n) is 2.82. The first-order valence-corrected chi connectivity index (χ1v) is 6.13. The Morgan fingerprint density at radius 3 is 2.62 bits per heavy atom. The maximum atomic E-state index is 12.1. The van der Waals surface area contributed by atoms with Crippen molar-refractivity contribution in [2.45, 2.75) is 6.54 Å². The Balaban J connectivity index is 2.26. The Morgan fingerprint density at radius 2 is 2.05 bits per heavy atom. The molecule has 2 rings (SSSR count). The largest absolute Gasteiger partial charge is 0.495 e. The molecule has 1 aromatic carbocycles. The van der Waals surface area contributed by atoms with E-state index >= 15 is 0 Å². The van der Waals surface area contributed by atoms with Gasteiger partial charge in [-0.15, -0.1) is 0 Å². The van der Waals surface area contributed by atoms with Crippen LogP contribution in [-0.2, 0) is 6.54 Å². The number of ether oxygens (including phenoxy) is 1. The number of amides is 2. The van der Waals surface area contributed by atoms with Crippen LogP contribution in [0.25, 0.3) is 0 Å². The van der Waals surface area contributed by atoms with Crippen molar-refractivity contribution in [3.8, 4) is 5.75 Å². The SMILES string of the molecule is COc1ccc(C(N)=O)cc1NC(=O)c1ccc(CN)o1. The highest BCUT2D eigenvalue weighted by atomic mass is 16.5. The second kappa shape index (κ2) is 6.10. The summed E-state index contributed by atoms with van der Waals surface area (Å²) in [4.78, 5) is 23.3. The van der Waals surface area contributed by atoms with Crippen molar-refractivity contribution in [3.05, 3.63) is 47.4 Å². The summed E-state index contributed by atoms with van der Waals surface area (Å²) >= 11 is 0. The quantitative estimate of drug-likeness (QED) is 0.761. The number of carbonyl (C=O) groups excluding carboxylic acids is 2. The van der Waals surface area contributed by atoms with Gasteiger partial charge in [0.05, 0.1) is 19.3 Å². The summed E-state index contributed by atoms with van der Waals surface area (Å²) in [5.41, 5.74) is 11.2. The van der Waals surface area contributed by atoms with Gasteiger partial charge in [-0.05, 0) is 30.3 Å². The molecule has 0 bridgehead atoms. The number of rotatable bonds is 5. The van der Waals surface area contributed by atoms with Crippen LogP contribution in [0.3, 0.4) is 0 Å². The molecule has 1 heterocycles. The third kappa shape index (κ3) is 3.21. The lowest BCUT2D eigenvalue weighted by Gasteiger charge is -2.10. The van der Waals surface area contributed by atoms with E-state index in [1.807, 2.05) is 0 Å². The summed E-state index contributed by atoms with van der Waals surface area (Å²) in [7, 11) is 1.45. The van der Waals surface area contributed by atoms with Crippen LogP contribution in [0, 0.1) is 0 Å². The van der Waals surface area contributed by atoms with Crippen molar-refractivity contribution in [1.29, 1.82) is 0 Å². The predicted octanol–water partition coefficient (Wildman–Crippen LogP) is 1.10. The summed E-state index contributed by atoms with van der Waals surface area (Å²) in [5, 5.41) is 2.60. The summed E-state index contributed by atoms with van der Waals surface area (Å²) < 4.78 is 10.4. The summed E-state index contributed by atoms with van der Waals surface area (Å²) in [5.74, 6) is -0.0647. The molecule has 5 N–H and O–H groups in total. The molecule has 0 aliphatic carbocycles. The molecule has 2 aromatic rings. The molecule has 7 heteroatoms. The fourth-order valence-corrected chi connectivity index (χ4v) is 1.75. The van der Waals surface area contributed by atoms with Gasteiger partial charge in [0, 0.05) is 5.56 Å². The van der Waals surface area contributed by atoms with E-state index in [4.69, 9.17) is 20.6 Å². The number of hydrogen-bond donors (Lipinski definition) is 3. The first kappa shape index (κ1) is 14.6. The van der Waals surface area contributed by atoms with Crippen molar-refractivity contribution < 1.29 is 18.7 Å². The van der Waals surface area contributed by atoms with Gasteiger partial charge in [-0.3, -0.25) is 9.59 Å². The van der Waals surface area contributed by atoms with Gasteiger partial charge in [0.15, 0.2) is 5.76 Å². The van der Waals surface area contributed by atoms with E-state index in [-0.39, 0.29) is 17.9 Å². The van der Waals surface area contributed by atoms with E-state index < -0.39 is 11.8 Å². The van der Waals surface area contributed by atoms with E-state index in [9.17, 15) is 9.59 Å². The third-order valence-corrected chi connectivity index (χ3v) is 2.82. The highest BCUT2D eigenvalue weighted by Crippen LogP contribution is 2.26. The fourth-order valence-electron chi connectivity index (χ4n) is 1.75. The molecule has 110 valence electrons. The maximum absolute atomic E-state index is 12.1. The maximum Gasteiger partial charge on any atom is 0.291 e. The van der Waals surface area contributed by atoms with Crippen LogP contribution in [0.2, 0.25) is 0 Å². The van der Waals surface area contributed by atoms with Gasteiger partial charge in [-0.1, -0.05) is 0 Å². The molecule has 0 saturated heterocycles. The van der Waals surface area contributed by atoms with Crippen LogP contribution >= 0.6 is 0 Å². The average molecular weight is 289 g/mol. The smallest absolute Gasteiger partial charge is 0.291 e. The van der Waals surface area contributed by atoms with Crippen molar-refractivity contribution in [2.24, 2.45) is 11.5 Å². The Kier molecular flexibility index (Phi) is 4.24. The summed E-state index contributed by atoms with van der Waals surface area (Å²) in [6.45, 7) is 0.202. The molecule has 21 heavy (non-hydrogen) atoms. The molecular formula is C14H15N3O4. The minimum absolute atomic E-state index is 0.113. The van der Waals surface area contributed by atoms with E-state index in [1.165, 1.54) is 25.3 Å². The first-order valence-electron chi connectivity index (χ1n) is 6.13. The fraction of sp³-hybridized carbons (Fsp3) is 0.143. The topological polar surface area (TPSA) is 121 Å². The Bertz CT molecular complexity index is 679. The van der Waals surface area contributed by atoms with Crippen LogP contribution in [0.1, 0.15) is 26.7 Å². The van der Waals surface area contributed by atoms with Gasteiger partial charge in [0.2, 0.25) is 5.91 Å². The molecule has 0 spiro atoms. The Morgan fingerprint density at radius 1 is 1.29 bits per heavy atom. The van der Waals surface area contributed by atoms with Gasteiger partial charge in [-0.25, -0.2) is 0 Å². The van der Waals surface area contributed by atoms with Crippen LogP contribution in [0.15, 0.2) is 34.7 Å². The molecule has 7 nitrogen and oxygen atoms in total. The molecule has 0 saturated carbocycles. The number of hydrogen-bond acceptors (Lipinski definition) is 5. The molecule has 0 unspecified atom stereocenters. The molecule has 0 radical (unpaired) electrons. The van der Waals surface area contributed by atoms with Gasteiger partial charge in [-0.2, -0.15) is 0 Å². The number of benzene rings is 1. The van der Waals surface area contributed by atoms with Gasteiger partial charge >= 0.3 is 0 Å². The summed E-state index contributed by atoms with van der Waals surface area (Å²) in [6.07, 6.45) is 0. The van der Waals surface area contributed by atoms with Gasteiger partial charge in [0.1, 0.15) is 11.5 Å². The molecule has 0 aliphatic heterocycles. The highest BCUT2D eigenvalue weighted by molar-refractivity contribution is 6.04. The van der Waals surface area contributed by atoms with Gasteiger partial charge < -0.3 is 25.9 Å². The van der Waals surface area contributed by atoms with Crippen molar-refractivity contribution in [3.63, 3.8) is 0 Å². The zero-order valence-corrected chi connectivity index (χ0v) is 11.4. The van der Waals surface area contributed by atoms with Crippen LogP contribution in [0.4, 0.5) is 5.69 Å². The van der Waals surface area contributed by atoms with Crippen LogP contribution in [0.5, 0.6) is 5.75 Å². The lowest BCUT2D eigenvalue weighted by Crippen LogP contribution is -2.15. The molecule has 2 amide bonds. The normalized spacial score (nSPS) is 10.2. The van der Waals surface area contributed by atoms with E-state index in [1.54, 1.807) is 12.1 Å². The van der Waals surface area contributed by atoms with Crippen molar-refractivity contribution >= 4 is 17.5 Å². The second-order valence-corrected chi connectivity index (χ2v) is 4.20. The standard InChI is InChI=1S/C14H15N3O4/c1-20-11-4-2-8(13(16)18)6-10(11)17-14(19)12-5-3-9(7-15)21-12/h2-6H,7,15H2,1H3,(H2,16,18)(H,17,19). The Hall–Kier alpha value is -2.80. The molecule has 1 aromatic heterocycles. The number of anilines is 1. The zero-order chi connectivity index (χ0) is 15.4. The van der Waals surface area contributed by atoms with Crippen molar-refractivity contribution in [1.82, 2.24) is 0 Å². The van der Waals surface area contributed by atoms with Crippen molar-refractivity contribution in [2.75, 3.05) is 12.4 Å². The molecule has 0 fully saturated rings. The zero-order valence-electron chi connectivity index (χ0n) is 11.4. The van der Waals surface area contributed by atoms with E-state index in [0.29, 0.717) is 17.2 Å². The number of methoxy groups -OCH3 is 1. The van der Waals surface area contributed by atoms with Crippen LogP contribution < -0.4 is 21.5 Å². The number of nitrogens with two attached hydrogens (primary N) is 2. The monoisotopic (exact) mass is 289 g/mol. The van der Waals surface area contributed by atoms with E-state index in [0.717, 1.165) is 0 Å². The molecule has 0 aliphatic rings. The minimum Gasteiger partial charge on any atom is -0.495 e. The Labute approximate surface area is 120 Å². The van der Waals surface area contributed by atoms with E-state index in [2.05, 4.69) is 5.32 Å². The lowest BCUT2D eigenvalue weighted by molar-refractivity contribution is 0.0987. The number of furan rings is 1. The first-order chi connectivity index (χ1) is 10.0. The lowest BCUT2D eigenvalue weighted by atomic mass is 10.1. The van der Waals surface area contributed by atoms with Crippen LogP contribution in [-0.4, -0.2) is 18.9 Å². The van der Waals surface area contributed by atoms with Gasteiger partial charge in [0.25, 0.3) is 5.91 Å². The number of carbonyl (C=O) groups is 2. The minimum atomic E-state index is -0.600. The molecular weight excluding hydrogens is 274 g/mol. The number of nitrogens with one attached hydrogen (secondary N) is 1. The highest BCUT2D eigenvalue weighted by Gasteiger charge is 2.15.